The number of amides is 1. The van der Waals surface area contributed by atoms with Gasteiger partial charge in [-0.05, 0) is 51.2 Å². The fourth-order valence-corrected chi connectivity index (χ4v) is 2.78. The summed E-state index contributed by atoms with van der Waals surface area (Å²) in [7, 11) is 1.94. The number of likely N-dealkylation sites (tertiary alicyclic amines) is 1. The van der Waals surface area contributed by atoms with Crippen molar-refractivity contribution in [1.29, 1.82) is 0 Å². The number of nitrogens with zero attached hydrogens (tertiary/aromatic N) is 2. The minimum absolute atomic E-state index is 0.235. The highest BCUT2D eigenvalue weighted by Crippen LogP contribution is 2.27. The third-order valence-corrected chi connectivity index (χ3v) is 4.22. The number of nitrogens with one attached hydrogen (secondary N) is 1. The van der Waals surface area contributed by atoms with Crippen LogP contribution in [0, 0.1) is 5.92 Å². The molecule has 1 aliphatic carbocycles. The quantitative estimate of drug-likeness (QED) is 0.733. The van der Waals surface area contributed by atoms with Crippen molar-refractivity contribution >= 4 is 5.91 Å². The largest absolute Gasteiger partial charge is 0.343 e. The Kier molecular flexibility index (Phi) is 5.01. The Morgan fingerprint density at radius 1 is 1.39 bits per heavy atom. The van der Waals surface area contributed by atoms with Gasteiger partial charge in [0.25, 0.3) is 0 Å². The molecule has 0 aromatic heterocycles. The maximum atomic E-state index is 12.0. The van der Waals surface area contributed by atoms with E-state index in [1.807, 2.05) is 11.9 Å². The van der Waals surface area contributed by atoms with Crippen LogP contribution in [0.1, 0.15) is 32.6 Å². The van der Waals surface area contributed by atoms with Gasteiger partial charge in [0.2, 0.25) is 5.91 Å². The van der Waals surface area contributed by atoms with Crippen LogP contribution in [0.2, 0.25) is 0 Å². The average molecular weight is 253 g/mol. The second-order valence-corrected chi connectivity index (χ2v) is 5.77. The second-order valence-electron chi connectivity index (χ2n) is 5.77. The van der Waals surface area contributed by atoms with Crippen molar-refractivity contribution in [2.45, 2.75) is 38.6 Å². The molecule has 1 amide bonds. The molecule has 4 heteroatoms. The van der Waals surface area contributed by atoms with Crippen molar-refractivity contribution in [1.82, 2.24) is 15.1 Å². The molecule has 2 fully saturated rings. The maximum Gasteiger partial charge on any atom is 0.236 e. The van der Waals surface area contributed by atoms with E-state index in [1.54, 1.807) is 0 Å². The molecule has 1 aliphatic heterocycles. The molecule has 0 radical (unpaired) electrons. The predicted octanol–water partition coefficient (Wildman–Crippen LogP) is 0.929. The van der Waals surface area contributed by atoms with Gasteiger partial charge in [-0.25, -0.2) is 0 Å². The van der Waals surface area contributed by atoms with E-state index in [9.17, 15) is 4.79 Å². The minimum atomic E-state index is 0.235. The van der Waals surface area contributed by atoms with Gasteiger partial charge < -0.3 is 10.2 Å². The topological polar surface area (TPSA) is 35.6 Å². The van der Waals surface area contributed by atoms with Gasteiger partial charge in [-0.15, -0.1) is 0 Å². The van der Waals surface area contributed by atoms with Crippen molar-refractivity contribution in [3.8, 4) is 0 Å². The van der Waals surface area contributed by atoms with Gasteiger partial charge in [-0.1, -0.05) is 6.92 Å². The van der Waals surface area contributed by atoms with Gasteiger partial charge >= 0.3 is 0 Å². The summed E-state index contributed by atoms with van der Waals surface area (Å²) in [5.74, 6) is 1.08. The molecule has 0 bridgehead atoms. The zero-order valence-electron chi connectivity index (χ0n) is 11.8. The van der Waals surface area contributed by atoms with Crippen molar-refractivity contribution in [3.63, 3.8) is 0 Å². The first-order valence-corrected chi connectivity index (χ1v) is 7.39. The maximum absolute atomic E-state index is 12.0. The van der Waals surface area contributed by atoms with Crippen LogP contribution < -0.4 is 5.32 Å². The van der Waals surface area contributed by atoms with Crippen LogP contribution in [-0.4, -0.2) is 61.5 Å². The highest BCUT2D eigenvalue weighted by atomic mass is 16.2. The molecule has 1 heterocycles. The van der Waals surface area contributed by atoms with Crippen LogP contribution in [0.4, 0.5) is 0 Å². The first-order valence-electron chi connectivity index (χ1n) is 7.39. The smallest absolute Gasteiger partial charge is 0.236 e. The zero-order valence-corrected chi connectivity index (χ0v) is 11.8. The summed E-state index contributed by atoms with van der Waals surface area (Å²) in [5.41, 5.74) is 0. The van der Waals surface area contributed by atoms with Crippen LogP contribution in [0.15, 0.2) is 0 Å². The summed E-state index contributed by atoms with van der Waals surface area (Å²) in [6.45, 7) is 6.92. The number of hydrogen-bond acceptors (Lipinski definition) is 3. The summed E-state index contributed by atoms with van der Waals surface area (Å²) in [6.07, 6.45) is 5.19. The van der Waals surface area contributed by atoms with Crippen LogP contribution in [-0.2, 0) is 4.79 Å². The molecule has 1 atom stereocenters. The molecule has 0 aromatic carbocycles. The van der Waals surface area contributed by atoms with Gasteiger partial charge in [0.1, 0.15) is 0 Å². The van der Waals surface area contributed by atoms with Gasteiger partial charge in [0.15, 0.2) is 0 Å². The van der Waals surface area contributed by atoms with E-state index in [0.29, 0.717) is 12.6 Å². The number of hydrogen-bond donors (Lipinski definition) is 1. The van der Waals surface area contributed by atoms with Crippen molar-refractivity contribution in [2.75, 3.05) is 39.8 Å². The summed E-state index contributed by atoms with van der Waals surface area (Å²) in [6, 6.07) is 0.576. The van der Waals surface area contributed by atoms with E-state index >= 15 is 0 Å². The first-order chi connectivity index (χ1) is 8.70. The van der Waals surface area contributed by atoms with E-state index in [-0.39, 0.29) is 5.91 Å². The predicted molar refractivity (Wildman–Crippen MR) is 73.5 cm³/mol. The molecule has 4 nitrogen and oxygen atoms in total. The number of rotatable bonds is 7. The molecule has 1 unspecified atom stereocenters. The summed E-state index contributed by atoms with van der Waals surface area (Å²) < 4.78 is 0. The molecule has 104 valence electrons. The van der Waals surface area contributed by atoms with Gasteiger partial charge in [-0.2, -0.15) is 0 Å². The van der Waals surface area contributed by atoms with E-state index in [4.69, 9.17) is 0 Å². The molecule has 0 spiro atoms. The lowest BCUT2D eigenvalue weighted by Crippen LogP contribution is -2.44. The van der Waals surface area contributed by atoms with Crippen LogP contribution >= 0.6 is 0 Å². The van der Waals surface area contributed by atoms with Gasteiger partial charge in [0, 0.05) is 19.6 Å². The molecular weight excluding hydrogens is 226 g/mol. The van der Waals surface area contributed by atoms with E-state index in [2.05, 4.69) is 17.1 Å². The van der Waals surface area contributed by atoms with Crippen LogP contribution in [0.25, 0.3) is 0 Å². The minimum Gasteiger partial charge on any atom is -0.343 e. The fraction of sp³-hybridized carbons (Fsp3) is 0.929. The number of carbonyl (C=O) groups is 1. The fourth-order valence-electron chi connectivity index (χ4n) is 2.78. The van der Waals surface area contributed by atoms with Crippen LogP contribution in [0.3, 0.4) is 0 Å². The van der Waals surface area contributed by atoms with Crippen molar-refractivity contribution in [3.05, 3.63) is 0 Å². The average Bonchev–Trinajstić information content (AvgIpc) is 3.07. The standard InChI is InChI=1S/C14H27N3O/c1-3-17-8-4-5-13(17)11-16(2)14(18)10-15-9-12-6-7-12/h12-13,15H,3-11H2,1-2H3. The molecule has 2 aliphatic rings. The lowest BCUT2D eigenvalue weighted by Gasteiger charge is -2.27. The normalized spacial score (nSPS) is 24.4. The summed E-state index contributed by atoms with van der Waals surface area (Å²) >= 11 is 0. The Hall–Kier alpha value is -0.610. The van der Waals surface area contributed by atoms with Gasteiger partial charge in [0.05, 0.1) is 6.54 Å². The van der Waals surface area contributed by atoms with E-state index < -0.39 is 0 Å². The molecule has 1 saturated heterocycles. The van der Waals surface area contributed by atoms with E-state index in [0.717, 1.165) is 25.6 Å². The Balaban J connectivity index is 1.65. The number of carbonyl (C=O) groups excluding carboxylic acids is 1. The molecule has 1 saturated carbocycles. The Morgan fingerprint density at radius 2 is 2.17 bits per heavy atom. The van der Waals surface area contributed by atoms with Crippen molar-refractivity contribution < 1.29 is 4.79 Å². The third-order valence-electron chi connectivity index (χ3n) is 4.22. The molecule has 0 aromatic rings. The SMILES string of the molecule is CCN1CCCC1CN(C)C(=O)CNCC1CC1. The summed E-state index contributed by atoms with van der Waals surface area (Å²) in [5, 5.41) is 3.27. The van der Waals surface area contributed by atoms with E-state index in [1.165, 1.54) is 32.2 Å². The Bertz CT molecular complexity index is 278. The van der Waals surface area contributed by atoms with Crippen LogP contribution in [0.5, 0.6) is 0 Å². The highest BCUT2D eigenvalue weighted by molar-refractivity contribution is 5.78. The van der Waals surface area contributed by atoms with Gasteiger partial charge in [-0.3, -0.25) is 9.69 Å². The monoisotopic (exact) mass is 253 g/mol. The number of likely N-dealkylation sites (N-methyl/N-ethyl adjacent to an activating group) is 2. The highest BCUT2D eigenvalue weighted by Gasteiger charge is 2.25. The molecule has 18 heavy (non-hydrogen) atoms. The Morgan fingerprint density at radius 3 is 2.83 bits per heavy atom. The second kappa shape index (κ2) is 6.53. The Labute approximate surface area is 111 Å². The molecule has 1 N–H and O–H groups in total. The lowest BCUT2D eigenvalue weighted by atomic mass is 10.2. The third kappa shape index (κ3) is 3.95. The zero-order chi connectivity index (χ0) is 13.0. The molecular formula is C14H27N3O. The first kappa shape index (κ1) is 13.8. The molecule has 2 rings (SSSR count). The van der Waals surface area contributed by atoms with Crippen molar-refractivity contribution in [2.24, 2.45) is 5.92 Å². The lowest BCUT2D eigenvalue weighted by molar-refractivity contribution is -0.129. The summed E-state index contributed by atoms with van der Waals surface area (Å²) in [4.78, 5) is 16.4.